The van der Waals surface area contributed by atoms with Crippen LogP contribution in [-0.2, 0) is 15.6 Å². The third kappa shape index (κ3) is 2.78. The van der Waals surface area contributed by atoms with Gasteiger partial charge in [0.2, 0.25) is 5.91 Å². The summed E-state index contributed by atoms with van der Waals surface area (Å²) < 4.78 is 12.3. The van der Waals surface area contributed by atoms with Crippen LogP contribution in [0.3, 0.4) is 0 Å². The van der Waals surface area contributed by atoms with Crippen LogP contribution in [0.15, 0.2) is 97.1 Å². The van der Waals surface area contributed by atoms with Gasteiger partial charge in [0, 0.05) is 28.3 Å². The van der Waals surface area contributed by atoms with Crippen LogP contribution < -0.4 is 14.4 Å². The molecule has 0 aromatic heterocycles. The number of anilines is 1. The van der Waals surface area contributed by atoms with Crippen molar-refractivity contribution in [3.05, 3.63) is 125 Å². The van der Waals surface area contributed by atoms with E-state index in [0.29, 0.717) is 6.61 Å². The molecule has 0 saturated heterocycles. The Morgan fingerprint density at radius 3 is 1.97 bits per heavy atom. The molecule has 4 heteroatoms. The van der Waals surface area contributed by atoms with E-state index in [4.69, 9.17) is 9.47 Å². The Kier molecular flexibility index (Phi) is 4.41. The Bertz CT molecular complexity index is 1460. The summed E-state index contributed by atoms with van der Waals surface area (Å²) in [5.74, 6) is 1.65. The highest BCUT2D eigenvalue weighted by atomic mass is 16.5. The van der Waals surface area contributed by atoms with Gasteiger partial charge in [-0.25, -0.2) is 0 Å². The van der Waals surface area contributed by atoms with Crippen LogP contribution in [-0.4, -0.2) is 19.1 Å². The summed E-state index contributed by atoms with van der Waals surface area (Å²) in [6.07, 6.45) is 0. The van der Waals surface area contributed by atoms with Crippen LogP contribution in [0.2, 0.25) is 0 Å². The lowest BCUT2D eigenvalue weighted by Gasteiger charge is -2.31. The number of hydrogen-bond acceptors (Lipinski definition) is 3. The number of rotatable bonds is 3. The molecule has 4 nitrogen and oxygen atoms in total. The van der Waals surface area contributed by atoms with E-state index in [1.54, 1.807) is 0 Å². The van der Waals surface area contributed by atoms with E-state index in [-0.39, 0.29) is 24.0 Å². The molecule has 3 heterocycles. The van der Waals surface area contributed by atoms with Crippen molar-refractivity contribution in [1.82, 2.24) is 0 Å². The number of benzene rings is 4. The number of carbonyl (C=O) groups is 1. The first-order valence-electron chi connectivity index (χ1n) is 12.5. The van der Waals surface area contributed by atoms with Gasteiger partial charge in [-0.2, -0.15) is 0 Å². The molecule has 3 aliphatic rings. The lowest BCUT2D eigenvalue weighted by molar-refractivity contribution is -0.122. The summed E-state index contributed by atoms with van der Waals surface area (Å²) >= 11 is 0. The van der Waals surface area contributed by atoms with Crippen molar-refractivity contribution in [3.8, 4) is 11.5 Å². The van der Waals surface area contributed by atoms with Crippen molar-refractivity contribution in [2.24, 2.45) is 0 Å². The fourth-order valence-electron chi connectivity index (χ4n) is 6.15. The second-order valence-electron chi connectivity index (χ2n) is 10.6. The highest BCUT2D eigenvalue weighted by Crippen LogP contribution is 2.57. The maximum atomic E-state index is 14.8. The maximum absolute atomic E-state index is 14.8. The third-order valence-electron chi connectivity index (χ3n) is 8.00. The number of nitrogens with zero attached hydrogens (tertiary/aromatic N) is 1. The Morgan fingerprint density at radius 2 is 1.28 bits per heavy atom. The normalized spacial score (nSPS) is 20.8. The molecule has 3 aliphatic heterocycles. The number of para-hydroxylation sites is 1. The van der Waals surface area contributed by atoms with Crippen LogP contribution in [0.4, 0.5) is 5.69 Å². The van der Waals surface area contributed by atoms with Gasteiger partial charge in [0.1, 0.15) is 23.5 Å². The molecule has 0 bridgehead atoms. The quantitative estimate of drug-likeness (QED) is 0.357. The largest absolute Gasteiger partial charge is 0.492 e. The number of amides is 1. The third-order valence-corrected chi connectivity index (χ3v) is 8.00. The first-order chi connectivity index (χ1) is 17.5. The first kappa shape index (κ1) is 21.3. The average molecular weight is 474 g/mol. The maximum Gasteiger partial charge on any atom is 0.246 e. The van der Waals surface area contributed by atoms with Gasteiger partial charge in [-0.15, -0.1) is 0 Å². The number of carbonyl (C=O) groups excluding carboxylic acids is 1. The molecule has 0 saturated carbocycles. The summed E-state index contributed by atoms with van der Waals surface area (Å²) in [7, 11) is 0. The van der Waals surface area contributed by atoms with Crippen molar-refractivity contribution in [1.29, 1.82) is 0 Å². The summed E-state index contributed by atoms with van der Waals surface area (Å²) in [4.78, 5) is 16.8. The monoisotopic (exact) mass is 473 g/mol. The van der Waals surface area contributed by atoms with Crippen LogP contribution in [0.1, 0.15) is 47.7 Å². The fraction of sp³-hybridized carbons (Fsp3) is 0.219. The van der Waals surface area contributed by atoms with Crippen LogP contribution in [0, 0.1) is 0 Å². The van der Waals surface area contributed by atoms with Gasteiger partial charge in [-0.05, 0) is 28.8 Å². The van der Waals surface area contributed by atoms with Gasteiger partial charge < -0.3 is 9.47 Å². The molecule has 0 N–H and O–H groups in total. The minimum absolute atomic E-state index is 0.0526. The van der Waals surface area contributed by atoms with Crippen molar-refractivity contribution < 1.29 is 14.3 Å². The van der Waals surface area contributed by atoms with Gasteiger partial charge in [0.05, 0.1) is 12.6 Å². The lowest BCUT2D eigenvalue weighted by atomic mass is 9.75. The molecule has 178 valence electrons. The molecule has 36 heavy (non-hydrogen) atoms. The van der Waals surface area contributed by atoms with Crippen LogP contribution in [0.5, 0.6) is 11.5 Å². The number of hydrogen-bond donors (Lipinski definition) is 0. The zero-order valence-corrected chi connectivity index (χ0v) is 20.4. The molecule has 1 unspecified atom stereocenters. The van der Waals surface area contributed by atoms with E-state index >= 15 is 0 Å². The molecular weight excluding hydrogens is 446 g/mol. The Labute approximate surface area is 211 Å². The summed E-state index contributed by atoms with van der Waals surface area (Å²) in [6.45, 7) is 5.28. The van der Waals surface area contributed by atoms with Gasteiger partial charge >= 0.3 is 0 Å². The molecular formula is C32H27NO3. The second kappa shape index (κ2) is 7.47. The number of fused-ring (bicyclic) bond motifs is 5. The topological polar surface area (TPSA) is 38.8 Å². The fourth-order valence-corrected chi connectivity index (χ4v) is 6.15. The van der Waals surface area contributed by atoms with Gasteiger partial charge in [-0.1, -0.05) is 92.7 Å². The minimum atomic E-state index is -0.887. The summed E-state index contributed by atoms with van der Waals surface area (Å²) in [5, 5.41) is 0. The van der Waals surface area contributed by atoms with E-state index in [1.165, 1.54) is 0 Å². The predicted octanol–water partition coefficient (Wildman–Crippen LogP) is 6.17. The van der Waals surface area contributed by atoms with Crippen molar-refractivity contribution in [3.63, 3.8) is 0 Å². The van der Waals surface area contributed by atoms with Crippen molar-refractivity contribution in [2.75, 3.05) is 18.1 Å². The Hall–Kier alpha value is -4.05. The van der Waals surface area contributed by atoms with Gasteiger partial charge in [-0.3, -0.25) is 9.69 Å². The molecule has 1 spiro atoms. The Morgan fingerprint density at radius 1 is 0.694 bits per heavy atom. The Balaban J connectivity index is 1.46. The number of ether oxygens (including phenoxy) is 2. The highest BCUT2D eigenvalue weighted by molar-refractivity contribution is 6.12. The van der Waals surface area contributed by atoms with E-state index in [1.807, 2.05) is 59.5 Å². The zero-order chi connectivity index (χ0) is 24.5. The smallest absolute Gasteiger partial charge is 0.246 e. The van der Waals surface area contributed by atoms with Crippen molar-refractivity contribution in [2.45, 2.75) is 30.7 Å². The van der Waals surface area contributed by atoms with E-state index in [0.717, 1.165) is 45.0 Å². The molecule has 0 radical (unpaired) electrons. The molecule has 1 atom stereocenters. The first-order valence-corrected chi connectivity index (χ1v) is 12.5. The molecule has 0 fully saturated rings. The summed E-state index contributed by atoms with van der Waals surface area (Å²) in [5.41, 5.74) is 5.16. The standard InChI is InChI=1S/C32H27NO3/c1-31(2)19-35-27-18-28-25(17-24(27)31)32(20-36-28)23-15-9-10-16-26(23)33(30(32)34)29(21-11-5-3-6-12-21)22-13-7-4-8-14-22/h3-18,29H,19-20H2,1-2H3. The van der Waals surface area contributed by atoms with E-state index < -0.39 is 5.41 Å². The molecule has 4 aromatic carbocycles. The minimum Gasteiger partial charge on any atom is -0.492 e. The van der Waals surface area contributed by atoms with E-state index in [9.17, 15) is 4.79 Å². The van der Waals surface area contributed by atoms with Gasteiger partial charge in [0.15, 0.2) is 0 Å². The average Bonchev–Trinajstić information content (AvgIpc) is 3.51. The second-order valence-corrected chi connectivity index (χ2v) is 10.6. The molecule has 1 amide bonds. The molecule has 0 aliphatic carbocycles. The zero-order valence-electron chi connectivity index (χ0n) is 20.4. The van der Waals surface area contributed by atoms with Crippen LogP contribution >= 0.6 is 0 Å². The van der Waals surface area contributed by atoms with Crippen molar-refractivity contribution >= 4 is 11.6 Å². The van der Waals surface area contributed by atoms with Crippen LogP contribution in [0.25, 0.3) is 0 Å². The SMILES string of the molecule is CC1(C)COc2cc3c(cc21)C1(CO3)C(=O)N(C(c2ccccc2)c2ccccc2)c2ccccc21. The van der Waals surface area contributed by atoms with Gasteiger partial charge in [0.25, 0.3) is 0 Å². The predicted molar refractivity (Wildman–Crippen MR) is 140 cm³/mol. The highest BCUT2D eigenvalue weighted by Gasteiger charge is 2.59. The summed E-state index contributed by atoms with van der Waals surface area (Å²) in [6, 6.07) is 32.7. The molecule has 7 rings (SSSR count). The van der Waals surface area contributed by atoms with E-state index in [2.05, 4.69) is 56.3 Å². The lowest BCUT2D eigenvalue weighted by Crippen LogP contribution is -2.44. The molecule has 4 aromatic rings.